The summed E-state index contributed by atoms with van der Waals surface area (Å²) in [6.45, 7) is 0.305. The molecule has 0 saturated heterocycles. The van der Waals surface area contributed by atoms with Crippen molar-refractivity contribution in [2.24, 2.45) is 0 Å². The number of benzene rings is 3. The molecular formula is C23H16FNO2S. The Morgan fingerprint density at radius 1 is 0.929 bits per heavy atom. The van der Waals surface area contributed by atoms with E-state index in [1.54, 1.807) is 17.5 Å². The van der Waals surface area contributed by atoms with Crippen LogP contribution in [0.5, 0.6) is 0 Å². The van der Waals surface area contributed by atoms with Crippen LogP contribution in [0.3, 0.4) is 0 Å². The standard InChI is InChI=1S/C23H16FNO2S/c24-20-7-5-17(6-8-20)22-11-18(16-3-1-15(13-28)2-4-16)9-19-10-21(12-25-14-26)27-23(19)22/h1-11,13-14H,12H2,(H,25,26). The van der Waals surface area contributed by atoms with Gasteiger partial charge in [0, 0.05) is 16.3 Å². The zero-order valence-corrected chi connectivity index (χ0v) is 15.6. The number of carbonyl (C=O) groups is 1. The van der Waals surface area contributed by atoms with Crippen LogP contribution in [0.15, 0.2) is 71.1 Å². The Morgan fingerprint density at radius 3 is 2.32 bits per heavy atom. The van der Waals surface area contributed by atoms with Gasteiger partial charge in [0.25, 0.3) is 0 Å². The number of fused-ring (bicyclic) bond motifs is 1. The van der Waals surface area contributed by atoms with E-state index >= 15 is 0 Å². The molecule has 5 heteroatoms. The first-order valence-electron chi connectivity index (χ1n) is 8.73. The average molecular weight is 389 g/mol. The SMILES string of the molecule is O=CNCc1cc2cc(-c3ccc(C=S)cc3)cc(-c3ccc(F)cc3)c2o1. The van der Waals surface area contributed by atoms with E-state index in [2.05, 4.69) is 5.32 Å². The summed E-state index contributed by atoms with van der Waals surface area (Å²) in [5.74, 6) is 0.362. The van der Waals surface area contributed by atoms with Crippen LogP contribution in [0.1, 0.15) is 11.3 Å². The molecule has 1 N–H and O–H groups in total. The molecule has 0 radical (unpaired) electrons. The number of thiocarbonyl (C=S) groups is 1. The number of rotatable bonds is 6. The summed E-state index contributed by atoms with van der Waals surface area (Å²) in [5, 5.41) is 5.17. The van der Waals surface area contributed by atoms with Crippen molar-refractivity contribution in [3.63, 3.8) is 0 Å². The number of furan rings is 1. The smallest absolute Gasteiger partial charge is 0.207 e. The van der Waals surface area contributed by atoms with Gasteiger partial charge in [-0.25, -0.2) is 4.39 Å². The normalized spacial score (nSPS) is 10.8. The molecular weight excluding hydrogens is 373 g/mol. The lowest BCUT2D eigenvalue weighted by Crippen LogP contribution is -2.08. The number of carbonyl (C=O) groups excluding carboxylic acids is 1. The fourth-order valence-electron chi connectivity index (χ4n) is 3.20. The summed E-state index contributed by atoms with van der Waals surface area (Å²) >= 11 is 4.98. The molecule has 0 fully saturated rings. The zero-order valence-electron chi connectivity index (χ0n) is 14.8. The molecule has 0 saturated carbocycles. The quantitative estimate of drug-likeness (QED) is 0.350. The molecule has 0 aliphatic rings. The molecule has 0 unspecified atom stereocenters. The maximum Gasteiger partial charge on any atom is 0.207 e. The van der Waals surface area contributed by atoms with Gasteiger partial charge in [0.05, 0.1) is 6.54 Å². The molecule has 1 heterocycles. The van der Waals surface area contributed by atoms with Gasteiger partial charge in [-0.15, -0.1) is 0 Å². The summed E-state index contributed by atoms with van der Waals surface area (Å²) < 4.78 is 19.4. The minimum atomic E-state index is -0.290. The van der Waals surface area contributed by atoms with Crippen LogP contribution in [0, 0.1) is 5.82 Å². The Hall–Kier alpha value is -3.31. The lowest BCUT2D eigenvalue weighted by molar-refractivity contribution is -0.109. The summed E-state index contributed by atoms with van der Waals surface area (Å²) in [6.07, 6.45) is 0.636. The van der Waals surface area contributed by atoms with E-state index < -0.39 is 0 Å². The second-order valence-corrected chi connectivity index (χ2v) is 6.64. The van der Waals surface area contributed by atoms with Gasteiger partial charge >= 0.3 is 0 Å². The highest BCUT2D eigenvalue weighted by Crippen LogP contribution is 2.36. The maximum atomic E-state index is 13.4. The van der Waals surface area contributed by atoms with E-state index in [-0.39, 0.29) is 5.82 Å². The second-order valence-electron chi connectivity index (χ2n) is 6.40. The van der Waals surface area contributed by atoms with E-state index in [0.717, 1.165) is 33.2 Å². The van der Waals surface area contributed by atoms with E-state index in [4.69, 9.17) is 16.6 Å². The molecule has 3 aromatic carbocycles. The van der Waals surface area contributed by atoms with Crippen molar-refractivity contribution in [1.29, 1.82) is 0 Å². The van der Waals surface area contributed by atoms with Gasteiger partial charge in [0.2, 0.25) is 6.41 Å². The number of halogens is 1. The average Bonchev–Trinajstić information content (AvgIpc) is 3.15. The third-order valence-electron chi connectivity index (χ3n) is 4.56. The highest BCUT2D eigenvalue weighted by molar-refractivity contribution is 7.79. The molecule has 4 rings (SSSR count). The van der Waals surface area contributed by atoms with Crippen molar-refractivity contribution >= 4 is 35.0 Å². The summed E-state index contributed by atoms with van der Waals surface area (Å²) in [7, 11) is 0. The van der Waals surface area contributed by atoms with Crippen LogP contribution in [0.25, 0.3) is 33.2 Å². The van der Waals surface area contributed by atoms with Crippen LogP contribution in [0.4, 0.5) is 4.39 Å². The molecule has 1 aromatic heterocycles. The van der Waals surface area contributed by atoms with Crippen LogP contribution in [0.2, 0.25) is 0 Å². The van der Waals surface area contributed by atoms with Crippen molar-refractivity contribution in [3.8, 4) is 22.3 Å². The summed E-state index contributed by atoms with van der Waals surface area (Å²) in [6, 6.07) is 20.3. The number of amides is 1. The fourth-order valence-corrected chi connectivity index (χ4v) is 3.36. The largest absolute Gasteiger partial charge is 0.459 e. The van der Waals surface area contributed by atoms with Crippen LogP contribution >= 0.6 is 12.2 Å². The molecule has 0 spiro atoms. The summed E-state index contributed by atoms with van der Waals surface area (Å²) in [5.41, 5.74) is 5.45. The monoisotopic (exact) mass is 389 g/mol. The van der Waals surface area contributed by atoms with Gasteiger partial charge in [-0.2, -0.15) is 0 Å². The van der Waals surface area contributed by atoms with Crippen LogP contribution in [-0.2, 0) is 11.3 Å². The van der Waals surface area contributed by atoms with Crippen LogP contribution in [-0.4, -0.2) is 11.8 Å². The van der Waals surface area contributed by atoms with E-state index in [1.807, 2.05) is 42.5 Å². The summed E-state index contributed by atoms with van der Waals surface area (Å²) in [4.78, 5) is 10.6. The van der Waals surface area contributed by atoms with Gasteiger partial charge in [-0.05, 0) is 52.6 Å². The Balaban J connectivity index is 1.89. The predicted octanol–water partition coefficient (Wildman–Crippen LogP) is 5.50. The van der Waals surface area contributed by atoms with Gasteiger partial charge in [0.15, 0.2) is 0 Å². The highest BCUT2D eigenvalue weighted by Gasteiger charge is 2.13. The lowest BCUT2D eigenvalue weighted by atomic mass is 9.96. The molecule has 28 heavy (non-hydrogen) atoms. The van der Waals surface area contributed by atoms with Crippen molar-refractivity contribution in [1.82, 2.24) is 5.32 Å². The van der Waals surface area contributed by atoms with Crippen LogP contribution < -0.4 is 5.32 Å². The number of nitrogens with one attached hydrogen (secondary N) is 1. The Bertz CT molecular complexity index is 1150. The molecule has 0 aliphatic heterocycles. The highest BCUT2D eigenvalue weighted by atomic mass is 32.1. The first kappa shape index (κ1) is 18.1. The number of hydrogen-bond acceptors (Lipinski definition) is 3. The van der Waals surface area contributed by atoms with Gasteiger partial charge in [-0.3, -0.25) is 4.79 Å². The van der Waals surface area contributed by atoms with Crippen molar-refractivity contribution in [2.45, 2.75) is 6.54 Å². The first-order chi connectivity index (χ1) is 13.7. The first-order valence-corrected chi connectivity index (χ1v) is 9.20. The Kier molecular flexibility index (Phi) is 5.00. The minimum Gasteiger partial charge on any atom is -0.459 e. The van der Waals surface area contributed by atoms with Gasteiger partial charge < -0.3 is 9.73 Å². The Morgan fingerprint density at radius 2 is 1.64 bits per heavy atom. The topological polar surface area (TPSA) is 42.2 Å². The maximum absolute atomic E-state index is 13.4. The fraction of sp³-hybridized carbons (Fsp3) is 0.0435. The number of hydrogen-bond donors (Lipinski definition) is 1. The van der Waals surface area contributed by atoms with E-state index in [1.165, 1.54) is 12.1 Å². The van der Waals surface area contributed by atoms with Crippen molar-refractivity contribution in [2.75, 3.05) is 0 Å². The van der Waals surface area contributed by atoms with Crippen molar-refractivity contribution < 1.29 is 13.6 Å². The second kappa shape index (κ2) is 7.74. The van der Waals surface area contributed by atoms with Gasteiger partial charge in [-0.1, -0.05) is 48.6 Å². The van der Waals surface area contributed by atoms with Gasteiger partial charge in [0.1, 0.15) is 17.2 Å². The molecule has 3 nitrogen and oxygen atoms in total. The third-order valence-corrected chi connectivity index (χ3v) is 4.83. The third kappa shape index (κ3) is 3.57. The minimum absolute atomic E-state index is 0.290. The predicted molar refractivity (Wildman–Crippen MR) is 113 cm³/mol. The zero-order chi connectivity index (χ0) is 19.5. The van der Waals surface area contributed by atoms with E-state index in [9.17, 15) is 9.18 Å². The van der Waals surface area contributed by atoms with Crippen molar-refractivity contribution in [3.05, 3.63) is 83.9 Å². The molecule has 0 bridgehead atoms. The molecule has 0 aliphatic carbocycles. The lowest BCUT2D eigenvalue weighted by Gasteiger charge is -2.08. The molecule has 138 valence electrons. The Labute approximate surface area is 166 Å². The molecule has 4 aromatic rings. The molecule has 1 amide bonds. The van der Waals surface area contributed by atoms with E-state index in [0.29, 0.717) is 24.3 Å². The molecule has 0 atom stereocenters.